The van der Waals surface area contributed by atoms with Crippen LogP contribution in [0, 0.1) is 0 Å². The molecule has 0 spiro atoms. The van der Waals surface area contributed by atoms with Crippen molar-refractivity contribution in [1.29, 1.82) is 0 Å². The summed E-state index contributed by atoms with van der Waals surface area (Å²) in [6.45, 7) is 5.78. The molecule has 0 saturated carbocycles. The molecule has 0 aliphatic heterocycles. The second kappa shape index (κ2) is 10.7. The highest BCUT2D eigenvalue weighted by Crippen LogP contribution is 2.23. The maximum absolute atomic E-state index is 11.6. The molecule has 110 valence electrons. The highest BCUT2D eigenvalue weighted by Gasteiger charge is 2.05. The van der Waals surface area contributed by atoms with Crippen molar-refractivity contribution >= 4 is 45.6 Å². The number of rotatable bonds is 8. The van der Waals surface area contributed by atoms with E-state index >= 15 is 0 Å². The maximum Gasteiger partial charge on any atom is 0.220 e. The van der Waals surface area contributed by atoms with E-state index in [0.29, 0.717) is 19.0 Å². The normalized spacial score (nSPS) is 11.7. The lowest BCUT2D eigenvalue weighted by Crippen LogP contribution is -2.38. The van der Waals surface area contributed by atoms with Gasteiger partial charge < -0.3 is 10.6 Å². The largest absolute Gasteiger partial charge is 0.355 e. The molecule has 0 radical (unpaired) electrons. The topological polar surface area (TPSA) is 41.1 Å². The van der Waals surface area contributed by atoms with Crippen LogP contribution in [0.3, 0.4) is 0 Å². The molecule has 0 aliphatic carbocycles. The molecule has 19 heavy (non-hydrogen) atoms. The highest BCUT2D eigenvalue weighted by molar-refractivity contribution is 9.11. The molecular weight excluding hydrogens is 348 g/mol. The number of carbonyl (C=O) groups is 1. The fourth-order valence-corrected chi connectivity index (χ4v) is 3.21. The molecule has 0 unspecified atom stereocenters. The lowest BCUT2D eigenvalue weighted by atomic mass is 10.2. The first kappa shape index (κ1) is 18.9. The zero-order valence-corrected chi connectivity index (χ0v) is 14.6. The van der Waals surface area contributed by atoms with Crippen LogP contribution in [-0.4, -0.2) is 25.0 Å². The SMILES string of the molecule is CCN[C@H](C)CNC(=O)CCCc1ccc(Br)s1.Cl. The molecule has 0 aromatic carbocycles. The minimum Gasteiger partial charge on any atom is -0.355 e. The highest BCUT2D eigenvalue weighted by atomic mass is 79.9. The molecule has 1 heterocycles. The molecule has 3 nitrogen and oxygen atoms in total. The van der Waals surface area contributed by atoms with E-state index < -0.39 is 0 Å². The summed E-state index contributed by atoms with van der Waals surface area (Å²) < 4.78 is 1.15. The van der Waals surface area contributed by atoms with Crippen LogP contribution in [0.4, 0.5) is 0 Å². The zero-order valence-electron chi connectivity index (χ0n) is 11.4. The van der Waals surface area contributed by atoms with Crippen LogP contribution >= 0.6 is 39.7 Å². The van der Waals surface area contributed by atoms with Gasteiger partial charge in [-0.05, 0) is 54.4 Å². The van der Waals surface area contributed by atoms with Gasteiger partial charge in [0.2, 0.25) is 5.91 Å². The number of hydrogen-bond acceptors (Lipinski definition) is 3. The Labute approximate surface area is 134 Å². The Kier molecular flexibility index (Phi) is 10.6. The molecule has 1 aromatic heterocycles. The molecule has 1 aromatic rings. The number of halogens is 2. The molecule has 1 amide bonds. The maximum atomic E-state index is 11.6. The summed E-state index contributed by atoms with van der Waals surface area (Å²) in [7, 11) is 0. The van der Waals surface area contributed by atoms with Crippen molar-refractivity contribution in [3.05, 3.63) is 20.8 Å². The van der Waals surface area contributed by atoms with Gasteiger partial charge >= 0.3 is 0 Å². The van der Waals surface area contributed by atoms with Crippen LogP contribution in [0.2, 0.25) is 0 Å². The predicted molar refractivity (Wildman–Crippen MR) is 88.4 cm³/mol. The summed E-state index contributed by atoms with van der Waals surface area (Å²) >= 11 is 5.18. The third-order valence-electron chi connectivity index (χ3n) is 2.61. The van der Waals surface area contributed by atoms with Crippen molar-refractivity contribution in [1.82, 2.24) is 10.6 Å². The van der Waals surface area contributed by atoms with E-state index in [1.165, 1.54) is 4.88 Å². The van der Waals surface area contributed by atoms with E-state index in [1.807, 2.05) is 0 Å². The number of thiophene rings is 1. The molecule has 0 aliphatic rings. The Bertz CT molecular complexity index is 373. The Hall–Kier alpha value is -0.100. The Balaban J connectivity index is 0.00000324. The summed E-state index contributed by atoms with van der Waals surface area (Å²) in [5.41, 5.74) is 0. The third kappa shape index (κ3) is 8.63. The summed E-state index contributed by atoms with van der Waals surface area (Å²) in [4.78, 5) is 12.9. The third-order valence-corrected chi connectivity index (χ3v) is 4.30. The molecule has 2 N–H and O–H groups in total. The number of aryl methyl sites for hydroxylation is 1. The van der Waals surface area contributed by atoms with Gasteiger partial charge in [0.05, 0.1) is 3.79 Å². The molecule has 0 fully saturated rings. The molecule has 1 rings (SSSR count). The molecule has 0 bridgehead atoms. The predicted octanol–water partition coefficient (Wildman–Crippen LogP) is 3.37. The second-order valence-electron chi connectivity index (χ2n) is 4.32. The van der Waals surface area contributed by atoms with Crippen LogP contribution in [-0.2, 0) is 11.2 Å². The van der Waals surface area contributed by atoms with Gasteiger partial charge in [-0.1, -0.05) is 6.92 Å². The van der Waals surface area contributed by atoms with Crippen molar-refractivity contribution in [2.24, 2.45) is 0 Å². The van der Waals surface area contributed by atoms with Gasteiger partial charge in [0.25, 0.3) is 0 Å². The van der Waals surface area contributed by atoms with Gasteiger partial charge in [-0.25, -0.2) is 0 Å². The van der Waals surface area contributed by atoms with Crippen LogP contribution in [0.1, 0.15) is 31.6 Å². The van der Waals surface area contributed by atoms with Crippen LogP contribution in [0.25, 0.3) is 0 Å². The monoisotopic (exact) mass is 368 g/mol. The van der Waals surface area contributed by atoms with Crippen molar-refractivity contribution in [2.75, 3.05) is 13.1 Å². The van der Waals surface area contributed by atoms with Crippen LogP contribution in [0.5, 0.6) is 0 Å². The standard InChI is InChI=1S/C13H21BrN2OS.ClH/c1-3-15-10(2)9-16-13(17)6-4-5-11-7-8-12(14)18-11;/h7-8,10,15H,3-6,9H2,1-2H3,(H,16,17);1H/t10-;/m1./s1. The Morgan fingerprint density at radius 1 is 1.47 bits per heavy atom. The smallest absolute Gasteiger partial charge is 0.220 e. The first-order chi connectivity index (χ1) is 8.61. The lowest BCUT2D eigenvalue weighted by Gasteiger charge is -2.12. The number of hydrogen-bond donors (Lipinski definition) is 2. The number of nitrogens with one attached hydrogen (secondary N) is 2. The molecular formula is C13H22BrClN2OS. The molecule has 1 atom stereocenters. The Morgan fingerprint density at radius 3 is 2.79 bits per heavy atom. The van der Waals surface area contributed by atoms with Gasteiger partial charge in [0.1, 0.15) is 0 Å². The first-order valence-electron chi connectivity index (χ1n) is 6.36. The van der Waals surface area contributed by atoms with Crippen molar-refractivity contribution in [3.63, 3.8) is 0 Å². The first-order valence-corrected chi connectivity index (χ1v) is 7.97. The van der Waals surface area contributed by atoms with Crippen molar-refractivity contribution in [2.45, 2.75) is 39.2 Å². The van der Waals surface area contributed by atoms with Gasteiger partial charge in [-0.15, -0.1) is 23.7 Å². The lowest BCUT2D eigenvalue weighted by molar-refractivity contribution is -0.121. The van der Waals surface area contributed by atoms with E-state index in [4.69, 9.17) is 0 Å². The molecule has 0 saturated heterocycles. The fourth-order valence-electron chi connectivity index (χ4n) is 1.69. The number of likely N-dealkylation sites (N-methyl/N-ethyl adjacent to an activating group) is 1. The average molecular weight is 370 g/mol. The minimum absolute atomic E-state index is 0. The van der Waals surface area contributed by atoms with Gasteiger partial charge in [0.15, 0.2) is 0 Å². The number of amides is 1. The van der Waals surface area contributed by atoms with Crippen molar-refractivity contribution in [3.8, 4) is 0 Å². The summed E-state index contributed by atoms with van der Waals surface area (Å²) in [5, 5.41) is 6.22. The van der Waals surface area contributed by atoms with Crippen molar-refractivity contribution < 1.29 is 4.79 Å². The van der Waals surface area contributed by atoms with E-state index in [1.54, 1.807) is 11.3 Å². The minimum atomic E-state index is 0. The van der Waals surface area contributed by atoms with Crippen LogP contribution in [0.15, 0.2) is 15.9 Å². The summed E-state index contributed by atoms with van der Waals surface area (Å²) in [6, 6.07) is 4.50. The zero-order chi connectivity index (χ0) is 13.4. The summed E-state index contributed by atoms with van der Waals surface area (Å²) in [5.74, 6) is 0.148. The van der Waals surface area contributed by atoms with Gasteiger partial charge in [-0.2, -0.15) is 0 Å². The number of carbonyl (C=O) groups excluding carboxylic acids is 1. The fraction of sp³-hybridized carbons (Fsp3) is 0.615. The quantitative estimate of drug-likeness (QED) is 0.737. The summed E-state index contributed by atoms with van der Waals surface area (Å²) in [6.07, 6.45) is 2.50. The average Bonchev–Trinajstić information content (AvgIpc) is 2.73. The van der Waals surface area contributed by atoms with E-state index in [2.05, 4.69) is 52.5 Å². The van der Waals surface area contributed by atoms with Gasteiger partial charge in [0, 0.05) is 23.9 Å². The Morgan fingerprint density at radius 2 is 2.21 bits per heavy atom. The van der Waals surface area contributed by atoms with E-state index in [9.17, 15) is 4.79 Å². The van der Waals surface area contributed by atoms with Crippen LogP contribution < -0.4 is 10.6 Å². The van der Waals surface area contributed by atoms with E-state index in [0.717, 1.165) is 23.2 Å². The second-order valence-corrected chi connectivity index (χ2v) is 6.87. The molecule has 6 heteroatoms. The van der Waals surface area contributed by atoms with Gasteiger partial charge in [-0.3, -0.25) is 4.79 Å². The van der Waals surface area contributed by atoms with E-state index in [-0.39, 0.29) is 18.3 Å².